The molecule has 0 saturated carbocycles. The van der Waals surface area contributed by atoms with Crippen molar-refractivity contribution >= 4 is 11.4 Å². The lowest BCUT2D eigenvalue weighted by atomic mass is 9.94. The summed E-state index contributed by atoms with van der Waals surface area (Å²) in [5.74, 6) is 0. The second-order valence-corrected chi connectivity index (χ2v) is 8.07. The van der Waals surface area contributed by atoms with Gasteiger partial charge in [0.25, 0.3) is 0 Å². The highest BCUT2D eigenvalue weighted by Gasteiger charge is 2.44. The first-order valence-electron chi connectivity index (χ1n) is 11.1. The van der Waals surface area contributed by atoms with Crippen LogP contribution in [0.2, 0.25) is 0 Å². The van der Waals surface area contributed by atoms with Crippen molar-refractivity contribution in [1.29, 1.82) is 5.26 Å². The third-order valence-corrected chi connectivity index (χ3v) is 5.63. The van der Waals surface area contributed by atoms with Crippen LogP contribution in [0.5, 0.6) is 0 Å². The van der Waals surface area contributed by atoms with Crippen molar-refractivity contribution in [3.8, 4) is 28.7 Å². The largest absolute Gasteiger partial charge is 0.435 e. The molecule has 0 atom stereocenters. The minimum atomic E-state index is -5.04. The normalized spacial score (nSPS) is 14.8. The number of benzene rings is 2. The predicted molar refractivity (Wildman–Crippen MR) is 128 cm³/mol. The summed E-state index contributed by atoms with van der Waals surface area (Å²) in [6.45, 7) is 7.22. The third-order valence-electron chi connectivity index (χ3n) is 5.63. The first-order valence-corrected chi connectivity index (χ1v) is 11.1. The van der Waals surface area contributed by atoms with Gasteiger partial charge in [0.15, 0.2) is 11.4 Å². The summed E-state index contributed by atoms with van der Waals surface area (Å²) in [6, 6.07) is 14.2. The Bertz CT molecular complexity index is 1650. The lowest BCUT2D eigenvalue weighted by Gasteiger charge is -2.23. The number of fused-ring (bicyclic) bond motifs is 2. The Kier molecular flexibility index (Phi) is 6.31. The molecule has 40 heavy (non-hydrogen) atoms. The van der Waals surface area contributed by atoms with Crippen LogP contribution in [0.1, 0.15) is 34.2 Å². The fraction of sp³-hybridized carbons (Fsp3) is 0.0769. The van der Waals surface area contributed by atoms with Crippen LogP contribution < -0.4 is 0 Å². The zero-order chi connectivity index (χ0) is 28.7. The summed E-state index contributed by atoms with van der Waals surface area (Å²) in [4.78, 5) is 22.0. The quantitative estimate of drug-likeness (QED) is 0.118. The van der Waals surface area contributed by atoms with E-state index in [2.05, 4.69) is 35.0 Å². The number of aromatic nitrogens is 4. The molecular weight excluding hydrogens is 538 g/mol. The topological polar surface area (TPSA) is 104 Å². The Hall–Kier alpha value is -5.50. The van der Waals surface area contributed by atoms with Gasteiger partial charge in [0, 0.05) is 11.1 Å². The second-order valence-electron chi connectivity index (χ2n) is 8.07. The van der Waals surface area contributed by atoms with Crippen molar-refractivity contribution in [3.63, 3.8) is 0 Å². The van der Waals surface area contributed by atoms with Gasteiger partial charge in [0.05, 0.1) is 5.10 Å². The standard InChI is InChI=1S/C26H10F6N8/c1-34-40-22-20-19(38-23(25(27,28)29)16(37-20)14-10-6-3-7-11-14)17(35-12-33)18-21(22)39-24(26(30,31)32)15(36-18)13-8-4-2-5-9-13/h2-11H/b35-17+,40-22+. The minimum absolute atomic E-state index is 0.0154. The number of hydrogen-bond acceptors (Lipinski definition) is 7. The maximum atomic E-state index is 14.2. The molecule has 0 amide bonds. The van der Waals surface area contributed by atoms with Crippen molar-refractivity contribution in [2.75, 3.05) is 0 Å². The molecule has 0 N–H and O–H groups in total. The van der Waals surface area contributed by atoms with Gasteiger partial charge in [-0.3, -0.25) is 0 Å². The number of aliphatic imine (C=N–C) groups is 1. The lowest BCUT2D eigenvalue weighted by Crippen LogP contribution is -2.31. The Morgan fingerprint density at radius 3 is 1.43 bits per heavy atom. The highest BCUT2D eigenvalue weighted by molar-refractivity contribution is 6.29. The van der Waals surface area contributed by atoms with E-state index in [0.717, 1.165) is 0 Å². The predicted octanol–water partition coefficient (Wildman–Crippen LogP) is 5.94. The van der Waals surface area contributed by atoms with Crippen LogP contribution in [-0.4, -0.2) is 31.4 Å². The molecule has 0 spiro atoms. The fourth-order valence-corrected chi connectivity index (χ4v) is 4.05. The van der Waals surface area contributed by atoms with Crippen molar-refractivity contribution in [2.45, 2.75) is 12.4 Å². The number of alkyl halides is 6. The average Bonchev–Trinajstić information content (AvgIpc) is 2.93. The number of nitriles is 1. The van der Waals surface area contributed by atoms with E-state index in [1.54, 1.807) is 12.1 Å². The van der Waals surface area contributed by atoms with Crippen LogP contribution in [0.3, 0.4) is 0 Å². The molecular formula is C26H10F6N8. The van der Waals surface area contributed by atoms with Crippen LogP contribution in [0, 0.1) is 18.0 Å². The number of nitrogens with zero attached hydrogens (tertiary/aromatic N) is 8. The molecule has 4 aromatic rings. The molecule has 2 aromatic heterocycles. The summed E-state index contributed by atoms with van der Waals surface area (Å²) < 4.78 is 85.1. The molecule has 0 aliphatic heterocycles. The highest BCUT2D eigenvalue weighted by atomic mass is 19.4. The number of hydrogen-bond donors (Lipinski definition) is 0. The fourth-order valence-electron chi connectivity index (χ4n) is 4.05. The van der Waals surface area contributed by atoms with E-state index in [0.29, 0.717) is 0 Å². The van der Waals surface area contributed by atoms with Crippen LogP contribution in [-0.2, 0) is 12.4 Å². The molecule has 196 valence electrons. The van der Waals surface area contributed by atoms with Crippen LogP contribution in [0.4, 0.5) is 26.3 Å². The number of halogens is 6. The smallest absolute Gasteiger partial charge is 0.241 e. The highest BCUT2D eigenvalue weighted by Crippen LogP contribution is 2.40. The van der Waals surface area contributed by atoms with Crippen molar-refractivity contribution < 1.29 is 26.3 Å². The molecule has 0 saturated heterocycles. The molecule has 2 heterocycles. The van der Waals surface area contributed by atoms with Crippen LogP contribution >= 0.6 is 0 Å². The Labute approximate surface area is 220 Å². The zero-order valence-electron chi connectivity index (χ0n) is 19.6. The second kappa shape index (κ2) is 9.67. The Morgan fingerprint density at radius 1 is 0.625 bits per heavy atom. The first kappa shape index (κ1) is 26.1. The van der Waals surface area contributed by atoms with Gasteiger partial charge in [0.1, 0.15) is 39.9 Å². The summed E-state index contributed by atoms with van der Waals surface area (Å²) in [6.07, 6.45) is -8.65. The summed E-state index contributed by atoms with van der Waals surface area (Å²) in [7, 11) is 0. The van der Waals surface area contributed by atoms with Crippen LogP contribution in [0.15, 0.2) is 70.8 Å². The van der Waals surface area contributed by atoms with E-state index < -0.39 is 69.3 Å². The van der Waals surface area contributed by atoms with Gasteiger partial charge in [-0.2, -0.15) is 43.2 Å². The monoisotopic (exact) mass is 548 g/mol. The molecule has 1 aliphatic carbocycles. The molecule has 0 bridgehead atoms. The van der Waals surface area contributed by atoms with Gasteiger partial charge in [-0.25, -0.2) is 19.9 Å². The summed E-state index contributed by atoms with van der Waals surface area (Å²) in [5.41, 5.74) is -7.79. The molecule has 14 heteroatoms. The summed E-state index contributed by atoms with van der Waals surface area (Å²) >= 11 is 0. The molecule has 0 fully saturated rings. The molecule has 1 aliphatic rings. The minimum Gasteiger partial charge on any atom is -0.241 e. The van der Waals surface area contributed by atoms with E-state index >= 15 is 0 Å². The molecule has 0 radical (unpaired) electrons. The Morgan fingerprint density at radius 2 is 1.02 bits per heavy atom. The zero-order valence-corrected chi connectivity index (χ0v) is 19.6. The first-order chi connectivity index (χ1) is 19.0. The van der Waals surface area contributed by atoms with E-state index in [9.17, 15) is 31.6 Å². The summed E-state index contributed by atoms with van der Waals surface area (Å²) in [5, 5.41) is 12.9. The van der Waals surface area contributed by atoms with E-state index in [-0.39, 0.29) is 11.1 Å². The van der Waals surface area contributed by atoms with Gasteiger partial charge < -0.3 is 0 Å². The Balaban J connectivity index is 1.91. The lowest BCUT2D eigenvalue weighted by molar-refractivity contribution is -0.141. The molecule has 8 nitrogen and oxygen atoms in total. The number of rotatable bonds is 2. The van der Waals surface area contributed by atoms with Crippen molar-refractivity contribution in [1.82, 2.24) is 19.9 Å². The molecule has 5 rings (SSSR count). The third kappa shape index (κ3) is 4.52. The SMILES string of the molecule is [C-]#[N+]/N=C1\c2nc(-c3ccccc3)c(C(F)(F)F)nc2/C(=N/C#N)c2nc(-c3ccccc3)c(C(F)(F)F)nc21. The van der Waals surface area contributed by atoms with Gasteiger partial charge in [-0.05, 0) is 0 Å². The molecule has 2 aromatic carbocycles. The maximum Gasteiger partial charge on any atom is 0.435 e. The molecule has 0 unspecified atom stereocenters. The van der Waals surface area contributed by atoms with E-state index in [1.807, 2.05) is 0 Å². The average molecular weight is 548 g/mol. The van der Waals surface area contributed by atoms with Crippen molar-refractivity contribution in [3.05, 3.63) is 106 Å². The van der Waals surface area contributed by atoms with Gasteiger partial charge in [-0.1, -0.05) is 60.7 Å². The van der Waals surface area contributed by atoms with Gasteiger partial charge in [-0.15, -0.1) is 4.95 Å². The van der Waals surface area contributed by atoms with E-state index in [4.69, 9.17) is 6.57 Å². The van der Waals surface area contributed by atoms with E-state index in [1.165, 1.54) is 54.7 Å². The van der Waals surface area contributed by atoms with Crippen molar-refractivity contribution in [2.24, 2.45) is 10.1 Å². The van der Waals surface area contributed by atoms with Crippen LogP contribution in [0.25, 0.3) is 27.5 Å². The maximum absolute atomic E-state index is 14.2. The van der Waals surface area contributed by atoms with Gasteiger partial charge in [0.2, 0.25) is 11.9 Å². The van der Waals surface area contributed by atoms with Gasteiger partial charge >= 0.3 is 12.4 Å².